The molecule has 0 bridgehead atoms. The van der Waals surface area contributed by atoms with E-state index in [0.717, 1.165) is 17.9 Å². The monoisotopic (exact) mass is 255 g/mol. The first-order valence-corrected chi connectivity index (χ1v) is 6.86. The van der Waals surface area contributed by atoms with E-state index in [9.17, 15) is 0 Å². The Morgan fingerprint density at radius 2 is 2.00 bits per heavy atom. The van der Waals surface area contributed by atoms with Crippen molar-refractivity contribution in [3.05, 3.63) is 29.8 Å². The van der Waals surface area contributed by atoms with E-state index in [1.54, 1.807) is 18.9 Å². The van der Waals surface area contributed by atoms with Gasteiger partial charge in [0.25, 0.3) is 0 Å². The van der Waals surface area contributed by atoms with Crippen molar-refractivity contribution in [2.75, 3.05) is 19.5 Å². The average molecular weight is 255 g/mol. The number of benzene rings is 1. The third-order valence-electron chi connectivity index (χ3n) is 2.52. The summed E-state index contributed by atoms with van der Waals surface area (Å²) in [7, 11) is 1.66. The molecule has 0 saturated carbocycles. The fraction of sp³-hybridized carbons (Fsp3) is 0.538. The van der Waals surface area contributed by atoms with Crippen LogP contribution in [0, 0.1) is 0 Å². The predicted molar refractivity (Wildman–Crippen MR) is 73.5 cm³/mol. The number of aliphatic hydroxyl groups excluding tert-OH is 1. The highest BCUT2D eigenvalue weighted by molar-refractivity contribution is 7.99. The SMILES string of the molecule is COc1ccc(C(SCCCO)C(C)N)cc1. The van der Waals surface area contributed by atoms with Gasteiger partial charge in [0.2, 0.25) is 0 Å². The molecule has 1 aromatic rings. The molecule has 2 atom stereocenters. The summed E-state index contributed by atoms with van der Waals surface area (Å²) < 4.78 is 5.14. The molecule has 17 heavy (non-hydrogen) atoms. The zero-order valence-corrected chi connectivity index (χ0v) is 11.2. The Bertz CT molecular complexity index is 314. The second-order valence-electron chi connectivity index (χ2n) is 4.00. The lowest BCUT2D eigenvalue weighted by Gasteiger charge is -2.21. The van der Waals surface area contributed by atoms with Gasteiger partial charge < -0.3 is 15.6 Å². The molecule has 2 unspecified atom stereocenters. The van der Waals surface area contributed by atoms with Crippen molar-refractivity contribution in [2.24, 2.45) is 5.73 Å². The van der Waals surface area contributed by atoms with E-state index in [4.69, 9.17) is 15.6 Å². The molecule has 1 aromatic carbocycles. The molecule has 3 nitrogen and oxygen atoms in total. The first-order chi connectivity index (χ1) is 8.19. The fourth-order valence-corrected chi connectivity index (χ4v) is 2.82. The summed E-state index contributed by atoms with van der Waals surface area (Å²) in [6, 6.07) is 8.11. The highest BCUT2D eigenvalue weighted by Gasteiger charge is 2.16. The maximum Gasteiger partial charge on any atom is 0.118 e. The van der Waals surface area contributed by atoms with Crippen molar-refractivity contribution < 1.29 is 9.84 Å². The van der Waals surface area contributed by atoms with Crippen molar-refractivity contribution in [2.45, 2.75) is 24.6 Å². The second kappa shape index (κ2) is 7.58. The number of hydrogen-bond donors (Lipinski definition) is 2. The first-order valence-electron chi connectivity index (χ1n) is 5.81. The molecule has 3 N–H and O–H groups in total. The Balaban J connectivity index is 2.68. The van der Waals surface area contributed by atoms with E-state index in [0.29, 0.717) is 0 Å². The van der Waals surface area contributed by atoms with Crippen molar-refractivity contribution in [1.29, 1.82) is 0 Å². The Labute approximate surface area is 107 Å². The number of methoxy groups -OCH3 is 1. The van der Waals surface area contributed by atoms with Crippen LogP contribution in [0.1, 0.15) is 24.2 Å². The van der Waals surface area contributed by atoms with Gasteiger partial charge in [-0.05, 0) is 36.8 Å². The number of thioether (sulfide) groups is 1. The summed E-state index contributed by atoms with van der Waals surface area (Å²) in [4.78, 5) is 0. The molecule has 0 saturated heterocycles. The van der Waals surface area contributed by atoms with Gasteiger partial charge >= 0.3 is 0 Å². The lowest BCUT2D eigenvalue weighted by atomic mass is 10.1. The third-order valence-corrected chi connectivity index (χ3v) is 4.11. The van der Waals surface area contributed by atoms with Crippen molar-refractivity contribution in [1.82, 2.24) is 0 Å². The highest BCUT2D eigenvalue weighted by atomic mass is 32.2. The summed E-state index contributed by atoms with van der Waals surface area (Å²) in [5.74, 6) is 1.78. The lowest BCUT2D eigenvalue weighted by Crippen LogP contribution is -2.23. The van der Waals surface area contributed by atoms with Crippen LogP contribution in [0.25, 0.3) is 0 Å². The zero-order valence-electron chi connectivity index (χ0n) is 10.4. The third kappa shape index (κ3) is 4.58. The van der Waals surface area contributed by atoms with Gasteiger partial charge in [-0.3, -0.25) is 0 Å². The molecule has 0 spiro atoms. The van der Waals surface area contributed by atoms with Gasteiger partial charge in [-0.1, -0.05) is 12.1 Å². The predicted octanol–water partition coefficient (Wildman–Crippen LogP) is 2.20. The minimum Gasteiger partial charge on any atom is -0.497 e. The van der Waals surface area contributed by atoms with Crippen LogP contribution < -0.4 is 10.5 Å². The van der Waals surface area contributed by atoms with Crippen molar-refractivity contribution in [3.8, 4) is 5.75 Å². The first kappa shape index (κ1) is 14.4. The minimum atomic E-state index is 0.0899. The normalized spacial score (nSPS) is 14.4. The van der Waals surface area contributed by atoms with Crippen LogP contribution in [0.3, 0.4) is 0 Å². The van der Waals surface area contributed by atoms with E-state index in [1.807, 2.05) is 19.1 Å². The zero-order chi connectivity index (χ0) is 12.7. The molecule has 96 valence electrons. The molecule has 0 aliphatic carbocycles. The van der Waals surface area contributed by atoms with Gasteiger partial charge in [-0.25, -0.2) is 0 Å². The summed E-state index contributed by atoms with van der Waals surface area (Å²) in [6.07, 6.45) is 0.810. The molecule has 0 aliphatic heterocycles. The van der Waals surface area contributed by atoms with Gasteiger partial charge in [0.15, 0.2) is 0 Å². The average Bonchev–Trinajstić information content (AvgIpc) is 2.34. The minimum absolute atomic E-state index is 0.0899. The van der Waals surface area contributed by atoms with Gasteiger partial charge in [0, 0.05) is 17.9 Å². The molecule has 0 fully saturated rings. The van der Waals surface area contributed by atoms with E-state index in [-0.39, 0.29) is 17.9 Å². The highest BCUT2D eigenvalue weighted by Crippen LogP contribution is 2.32. The van der Waals surface area contributed by atoms with Gasteiger partial charge in [0.05, 0.1) is 7.11 Å². The Morgan fingerprint density at radius 3 is 2.47 bits per heavy atom. The maximum absolute atomic E-state index is 8.80. The lowest BCUT2D eigenvalue weighted by molar-refractivity contribution is 0.296. The van der Waals surface area contributed by atoms with Crippen LogP contribution in [-0.4, -0.2) is 30.6 Å². The number of rotatable bonds is 7. The Kier molecular flexibility index (Phi) is 6.40. The molecule has 1 rings (SSSR count). The molecule has 0 heterocycles. The number of hydrogen-bond acceptors (Lipinski definition) is 4. The molecule has 4 heteroatoms. The summed E-state index contributed by atoms with van der Waals surface area (Å²) in [5, 5.41) is 9.07. The van der Waals surface area contributed by atoms with Crippen LogP contribution >= 0.6 is 11.8 Å². The Hall–Kier alpha value is -0.710. The summed E-state index contributed by atoms with van der Waals surface area (Å²) in [6.45, 7) is 2.25. The van der Waals surface area contributed by atoms with E-state index in [2.05, 4.69) is 12.1 Å². The van der Waals surface area contributed by atoms with Gasteiger partial charge in [0.1, 0.15) is 5.75 Å². The maximum atomic E-state index is 8.80. The van der Waals surface area contributed by atoms with Crippen molar-refractivity contribution >= 4 is 11.8 Å². The Morgan fingerprint density at radius 1 is 1.35 bits per heavy atom. The van der Waals surface area contributed by atoms with E-state index in [1.165, 1.54) is 5.56 Å². The fourth-order valence-electron chi connectivity index (χ4n) is 1.62. The molecule has 0 aliphatic rings. The quantitative estimate of drug-likeness (QED) is 0.733. The van der Waals surface area contributed by atoms with E-state index >= 15 is 0 Å². The summed E-state index contributed by atoms with van der Waals surface area (Å²) >= 11 is 1.79. The van der Waals surface area contributed by atoms with Crippen molar-refractivity contribution in [3.63, 3.8) is 0 Å². The van der Waals surface area contributed by atoms with Crippen LogP contribution in [0.5, 0.6) is 5.75 Å². The standard InChI is InChI=1S/C13H21NO2S/c1-10(14)13(17-9-3-8-15)11-4-6-12(16-2)7-5-11/h4-7,10,13,15H,3,8-9,14H2,1-2H3. The molecular weight excluding hydrogens is 234 g/mol. The van der Waals surface area contributed by atoms with Crippen LogP contribution in [0.15, 0.2) is 24.3 Å². The molecular formula is C13H21NO2S. The smallest absolute Gasteiger partial charge is 0.118 e. The van der Waals surface area contributed by atoms with Gasteiger partial charge in [-0.2, -0.15) is 11.8 Å². The summed E-state index contributed by atoms with van der Waals surface area (Å²) in [5.41, 5.74) is 7.22. The second-order valence-corrected chi connectivity index (χ2v) is 5.25. The molecule has 0 aromatic heterocycles. The largest absolute Gasteiger partial charge is 0.497 e. The topological polar surface area (TPSA) is 55.5 Å². The number of aliphatic hydroxyl groups is 1. The van der Waals surface area contributed by atoms with Crippen LogP contribution in [0.2, 0.25) is 0 Å². The number of ether oxygens (including phenoxy) is 1. The van der Waals surface area contributed by atoms with Crippen LogP contribution in [0.4, 0.5) is 0 Å². The number of nitrogens with two attached hydrogens (primary N) is 1. The van der Waals surface area contributed by atoms with E-state index < -0.39 is 0 Å². The van der Waals surface area contributed by atoms with Gasteiger partial charge in [-0.15, -0.1) is 0 Å². The van der Waals surface area contributed by atoms with Crippen LogP contribution in [-0.2, 0) is 0 Å². The molecule has 0 radical (unpaired) electrons. The molecule has 0 amide bonds.